The predicted octanol–water partition coefficient (Wildman–Crippen LogP) is 5.89. The topological polar surface area (TPSA) is 40.0 Å². The van der Waals surface area contributed by atoms with Crippen molar-refractivity contribution in [3.8, 4) is 22.9 Å². The molecule has 0 aliphatic carbocycles. The van der Waals surface area contributed by atoms with E-state index in [1.54, 1.807) is 0 Å². The first-order chi connectivity index (χ1) is 18.8. The van der Waals surface area contributed by atoms with E-state index in [0.717, 1.165) is 39.8 Å². The Hall–Kier alpha value is -4.79. The molecule has 3 aliphatic rings. The number of nitrogens with zero attached hydrogens (tertiary/aromatic N) is 6. The van der Waals surface area contributed by atoms with Crippen LogP contribution in [0.5, 0.6) is 11.5 Å². The molecule has 3 aromatic carbocycles. The summed E-state index contributed by atoms with van der Waals surface area (Å²) in [6.07, 6.45) is 6.10. The number of quaternary nitrogens is 1. The summed E-state index contributed by atoms with van der Waals surface area (Å²) in [6.45, 7) is 0. The Morgan fingerprint density at radius 2 is 1.74 bits per heavy atom. The maximum Gasteiger partial charge on any atom is 0.353 e. The highest BCUT2D eigenvalue weighted by atomic mass is 32.1. The van der Waals surface area contributed by atoms with Gasteiger partial charge in [0.25, 0.3) is 5.69 Å². The van der Waals surface area contributed by atoms with E-state index in [-0.39, 0.29) is 0 Å². The lowest BCUT2D eigenvalue weighted by Gasteiger charge is -2.32. The molecule has 0 fully saturated rings. The lowest BCUT2D eigenvalue weighted by atomic mass is 10.1. The van der Waals surface area contributed by atoms with Crippen LogP contribution in [0.25, 0.3) is 59.3 Å². The molecule has 0 amide bonds. The molecule has 1 atom stereocenters. The van der Waals surface area contributed by atoms with E-state index in [1.807, 2.05) is 23.7 Å². The van der Waals surface area contributed by atoms with Crippen LogP contribution < -0.4 is 18.4 Å². The zero-order valence-corrected chi connectivity index (χ0v) is 20.9. The van der Waals surface area contributed by atoms with E-state index >= 15 is 0 Å². The van der Waals surface area contributed by atoms with Gasteiger partial charge in [-0.05, 0) is 53.2 Å². The van der Waals surface area contributed by atoms with Crippen LogP contribution in [0.4, 0.5) is 11.4 Å². The van der Waals surface area contributed by atoms with Gasteiger partial charge in [0.2, 0.25) is 22.5 Å². The van der Waals surface area contributed by atoms with E-state index < -0.39 is 0 Å². The Bertz CT molecular complexity index is 2470. The summed E-state index contributed by atoms with van der Waals surface area (Å²) >= 11 is 1.85. The van der Waals surface area contributed by atoms with Gasteiger partial charge in [0, 0.05) is 16.3 Å². The van der Waals surface area contributed by atoms with E-state index in [0.29, 0.717) is 4.70 Å². The largest absolute Gasteiger partial charge is 0.442 e. The fraction of sp³-hybridized carbons (Fsp3) is 0.0333. The van der Waals surface area contributed by atoms with E-state index in [2.05, 4.69) is 103 Å². The third kappa shape index (κ3) is 1.61. The maximum absolute atomic E-state index is 6.70. The highest BCUT2D eigenvalue weighted by molar-refractivity contribution is 7.24. The van der Waals surface area contributed by atoms with Gasteiger partial charge in [-0.1, -0.05) is 18.2 Å². The number of aryl methyl sites for hydroxylation is 1. The molecule has 8 heteroatoms. The average Bonchev–Trinajstić information content (AvgIpc) is 3.57. The van der Waals surface area contributed by atoms with Gasteiger partial charge in [-0.15, -0.1) is 11.3 Å². The molecule has 0 radical (unpaired) electrons. The fourth-order valence-corrected chi connectivity index (χ4v) is 8.60. The minimum atomic E-state index is 0.367. The molecular formula is C30H17N6OS+3. The Kier molecular flexibility index (Phi) is 2.69. The molecule has 1 unspecified atom stereocenters. The number of benzene rings is 3. The molecule has 0 saturated heterocycles. The van der Waals surface area contributed by atoms with E-state index in [1.165, 1.54) is 42.4 Å². The molecule has 11 rings (SSSR count). The minimum absolute atomic E-state index is 0.367. The van der Waals surface area contributed by atoms with Crippen molar-refractivity contribution in [3.05, 3.63) is 85.3 Å². The molecule has 1 spiro atoms. The van der Waals surface area contributed by atoms with Gasteiger partial charge in [0.05, 0.1) is 32.7 Å². The molecule has 0 saturated carbocycles. The Morgan fingerprint density at radius 1 is 0.842 bits per heavy atom. The van der Waals surface area contributed by atoms with Gasteiger partial charge < -0.3 is 4.74 Å². The van der Waals surface area contributed by atoms with Crippen LogP contribution in [-0.2, 0) is 7.05 Å². The number of fused-ring (bicyclic) bond motifs is 5. The average molecular weight is 510 g/mol. The number of hydrogen-bond donors (Lipinski definition) is 0. The van der Waals surface area contributed by atoms with Crippen LogP contribution in [0.2, 0.25) is 0 Å². The number of rotatable bonds is 0. The van der Waals surface area contributed by atoms with Crippen molar-refractivity contribution in [3.63, 3.8) is 0 Å². The second kappa shape index (κ2) is 5.55. The van der Waals surface area contributed by atoms with Crippen molar-refractivity contribution in [2.45, 2.75) is 0 Å². The third-order valence-electron chi connectivity index (χ3n) is 8.75. The zero-order chi connectivity index (χ0) is 24.5. The molecular weight excluding hydrogens is 492 g/mol. The molecule has 176 valence electrons. The molecule has 7 nitrogen and oxygen atoms in total. The Morgan fingerprint density at radius 3 is 2.71 bits per heavy atom. The lowest BCUT2D eigenvalue weighted by Crippen LogP contribution is -2.56. The monoisotopic (exact) mass is 509 g/mol. The van der Waals surface area contributed by atoms with Crippen LogP contribution in [0.1, 0.15) is 0 Å². The third-order valence-corrected chi connectivity index (χ3v) is 9.85. The number of hydrogen-bond acceptors (Lipinski definition) is 3. The molecule has 38 heavy (non-hydrogen) atoms. The lowest BCUT2D eigenvalue weighted by molar-refractivity contribution is -0.634. The van der Waals surface area contributed by atoms with Gasteiger partial charge in [0.1, 0.15) is 0 Å². The van der Waals surface area contributed by atoms with E-state index in [4.69, 9.17) is 4.74 Å². The first-order valence-corrected chi connectivity index (χ1v) is 13.5. The molecule has 0 N–H and O–H groups in total. The van der Waals surface area contributed by atoms with Gasteiger partial charge in [0.15, 0.2) is 22.8 Å². The van der Waals surface area contributed by atoms with Gasteiger partial charge in [-0.3, -0.25) is 4.98 Å². The Labute approximate surface area is 218 Å². The second-order valence-corrected chi connectivity index (χ2v) is 11.4. The fourth-order valence-electron chi connectivity index (χ4n) is 7.50. The van der Waals surface area contributed by atoms with Crippen molar-refractivity contribution in [2.75, 3.05) is 0 Å². The minimum Gasteiger partial charge on any atom is -0.442 e. The Balaban J connectivity index is 1.55. The summed E-state index contributed by atoms with van der Waals surface area (Å²) in [5.41, 5.74) is 9.32. The highest BCUT2D eigenvalue weighted by Crippen LogP contribution is 2.63. The number of imidazole rings is 1. The maximum atomic E-state index is 6.70. The van der Waals surface area contributed by atoms with Crippen molar-refractivity contribution < 1.29 is 13.7 Å². The molecule has 3 aliphatic heterocycles. The quantitative estimate of drug-likeness (QED) is 0.145. The normalized spacial score (nSPS) is 17.9. The van der Waals surface area contributed by atoms with Crippen molar-refractivity contribution in [1.29, 1.82) is 0 Å². The summed E-state index contributed by atoms with van der Waals surface area (Å²) in [5.74, 6) is 2.77. The first kappa shape index (κ1) is 18.5. The smallest absolute Gasteiger partial charge is 0.353 e. The number of ether oxygens (including phenoxy) is 1. The van der Waals surface area contributed by atoms with Crippen LogP contribution >= 0.6 is 11.3 Å². The van der Waals surface area contributed by atoms with Crippen molar-refractivity contribution >= 4 is 70.6 Å². The van der Waals surface area contributed by atoms with Crippen LogP contribution in [0, 0.1) is 0 Å². The summed E-state index contributed by atoms with van der Waals surface area (Å²) in [7, 11) is 2.15. The van der Waals surface area contributed by atoms with Crippen molar-refractivity contribution in [1.82, 2.24) is 19.0 Å². The number of aromatic nitrogens is 5. The summed E-state index contributed by atoms with van der Waals surface area (Å²) in [5, 5.41) is 2.53. The standard InChI is InChI=1S/C30H17N6OS/c1-32-19-8-2-3-9-20(19)35-29(32)18-14-31-15-22-27(18)36(35)28-21(37-22)11-12-24-26(28)34-25-16(6-4-10-23(25)38-24)17-7-5-13-33(36)30(17)34/h2-15H,1H3/q+3. The SMILES string of the molecule is C[n+]1c2n(c3ccccc31)[N+]13c4c(cncc4-2)Oc2ccc4sc5cccc6c7cccn1c7[n+](c4c23)c56. The summed E-state index contributed by atoms with van der Waals surface area (Å²) in [4.78, 5) is 4.66. The predicted molar refractivity (Wildman–Crippen MR) is 147 cm³/mol. The van der Waals surface area contributed by atoms with Crippen molar-refractivity contribution in [2.24, 2.45) is 7.05 Å². The van der Waals surface area contributed by atoms with Crippen LogP contribution in [0.3, 0.4) is 0 Å². The van der Waals surface area contributed by atoms with Crippen LogP contribution in [-0.4, -0.2) is 14.3 Å². The van der Waals surface area contributed by atoms with Gasteiger partial charge in [-0.25, -0.2) is 4.57 Å². The summed E-state index contributed by atoms with van der Waals surface area (Å²) < 4.78 is 19.3. The number of para-hydroxylation sites is 3. The van der Waals surface area contributed by atoms with Gasteiger partial charge >= 0.3 is 17.2 Å². The molecule has 8 aromatic rings. The molecule has 5 aromatic heterocycles. The van der Waals surface area contributed by atoms with Gasteiger partial charge in [-0.2, -0.15) is 4.40 Å². The van der Waals surface area contributed by atoms with Crippen LogP contribution in [0.15, 0.2) is 85.3 Å². The van der Waals surface area contributed by atoms with E-state index in [9.17, 15) is 0 Å². The number of pyridine rings is 2. The molecule has 8 heterocycles. The first-order valence-electron chi connectivity index (χ1n) is 12.7. The molecule has 0 bridgehead atoms. The zero-order valence-electron chi connectivity index (χ0n) is 20.1. The second-order valence-electron chi connectivity index (χ2n) is 10.4. The summed E-state index contributed by atoms with van der Waals surface area (Å²) in [6, 6.07) is 24.2. The highest BCUT2D eigenvalue weighted by Gasteiger charge is 2.68.